The highest BCUT2D eigenvalue weighted by Crippen LogP contribution is 2.39. The molecule has 2 aromatic rings. The predicted octanol–water partition coefficient (Wildman–Crippen LogP) is 3.92. The molecule has 2 aromatic heterocycles. The van der Waals surface area contributed by atoms with Crippen LogP contribution in [0.25, 0.3) is 10.2 Å². The molecule has 2 aliphatic rings. The molecule has 120 valence electrons. The van der Waals surface area contributed by atoms with Gasteiger partial charge in [0.2, 0.25) is 0 Å². The third-order valence-corrected chi connectivity index (χ3v) is 5.65. The summed E-state index contributed by atoms with van der Waals surface area (Å²) in [6, 6.07) is 0.615. The SMILES string of the molecule is CCO.c1nc(NC2CCCCC2)c2c3c(sc2n1)CCC3. The lowest BCUT2D eigenvalue weighted by molar-refractivity contribution is 0.318. The Morgan fingerprint density at radius 1 is 1.18 bits per heavy atom. The van der Waals surface area contributed by atoms with Crippen molar-refractivity contribution in [2.45, 2.75) is 64.3 Å². The van der Waals surface area contributed by atoms with E-state index in [4.69, 9.17) is 5.11 Å². The van der Waals surface area contributed by atoms with E-state index in [1.54, 1.807) is 18.1 Å². The lowest BCUT2D eigenvalue weighted by Gasteiger charge is -2.23. The van der Waals surface area contributed by atoms with Gasteiger partial charge in [-0.05, 0) is 44.6 Å². The van der Waals surface area contributed by atoms with Gasteiger partial charge < -0.3 is 10.4 Å². The molecule has 1 fully saturated rings. The minimum Gasteiger partial charge on any atom is -0.397 e. The third kappa shape index (κ3) is 3.25. The number of nitrogens with one attached hydrogen (secondary N) is 1. The molecule has 0 amide bonds. The quantitative estimate of drug-likeness (QED) is 0.881. The number of aliphatic hydroxyl groups excluding tert-OH is 1. The molecule has 0 atom stereocenters. The van der Waals surface area contributed by atoms with Crippen LogP contribution in [0.3, 0.4) is 0 Å². The first-order valence-corrected chi connectivity index (χ1v) is 9.27. The molecule has 2 heterocycles. The Bertz CT molecular complexity index is 620. The maximum absolute atomic E-state index is 7.57. The number of nitrogens with zero attached hydrogens (tertiary/aromatic N) is 2. The van der Waals surface area contributed by atoms with Crippen LogP contribution in [-0.4, -0.2) is 27.7 Å². The Labute approximate surface area is 136 Å². The fourth-order valence-electron chi connectivity index (χ4n) is 3.48. The van der Waals surface area contributed by atoms with Gasteiger partial charge in [0.1, 0.15) is 17.0 Å². The number of aromatic nitrogens is 2. The van der Waals surface area contributed by atoms with Gasteiger partial charge in [-0.25, -0.2) is 9.97 Å². The van der Waals surface area contributed by atoms with Crippen LogP contribution in [0, 0.1) is 0 Å². The maximum atomic E-state index is 7.57. The normalized spacial score (nSPS) is 17.9. The summed E-state index contributed by atoms with van der Waals surface area (Å²) in [5, 5.41) is 12.6. The number of hydrogen-bond acceptors (Lipinski definition) is 5. The molecular weight excluding hydrogens is 294 g/mol. The van der Waals surface area contributed by atoms with Crippen molar-refractivity contribution < 1.29 is 5.11 Å². The molecule has 22 heavy (non-hydrogen) atoms. The molecule has 0 aromatic carbocycles. The minimum absolute atomic E-state index is 0.250. The average Bonchev–Trinajstić information content (AvgIpc) is 3.10. The van der Waals surface area contributed by atoms with Crippen LogP contribution < -0.4 is 5.32 Å². The summed E-state index contributed by atoms with van der Waals surface area (Å²) in [7, 11) is 0. The molecule has 0 unspecified atom stereocenters. The van der Waals surface area contributed by atoms with Crippen molar-refractivity contribution in [2.75, 3.05) is 11.9 Å². The van der Waals surface area contributed by atoms with E-state index in [2.05, 4.69) is 15.3 Å². The van der Waals surface area contributed by atoms with Crippen molar-refractivity contribution in [1.29, 1.82) is 0 Å². The number of aliphatic hydroxyl groups is 1. The van der Waals surface area contributed by atoms with Crippen LogP contribution in [-0.2, 0) is 12.8 Å². The molecule has 4 rings (SSSR count). The second-order valence-electron chi connectivity index (χ2n) is 6.06. The van der Waals surface area contributed by atoms with Crippen molar-refractivity contribution in [3.05, 3.63) is 16.8 Å². The Balaban J connectivity index is 0.000000446. The minimum atomic E-state index is 0.250. The van der Waals surface area contributed by atoms with E-state index < -0.39 is 0 Å². The molecule has 0 aliphatic heterocycles. The van der Waals surface area contributed by atoms with Gasteiger partial charge in [0.15, 0.2) is 0 Å². The van der Waals surface area contributed by atoms with E-state index in [0.717, 1.165) is 5.82 Å². The van der Waals surface area contributed by atoms with Gasteiger partial charge in [0, 0.05) is 17.5 Å². The first kappa shape index (κ1) is 15.7. The van der Waals surface area contributed by atoms with E-state index in [1.165, 1.54) is 67.1 Å². The molecule has 0 saturated heterocycles. The lowest BCUT2D eigenvalue weighted by Crippen LogP contribution is -2.23. The fourth-order valence-corrected chi connectivity index (χ4v) is 4.71. The van der Waals surface area contributed by atoms with Gasteiger partial charge in [-0.15, -0.1) is 11.3 Å². The first-order valence-electron chi connectivity index (χ1n) is 8.46. The summed E-state index contributed by atoms with van der Waals surface area (Å²) >= 11 is 1.87. The summed E-state index contributed by atoms with van der Waals surface area (Å²) in [5.74, 6) is 1.09. The smallest absolute Gasteiger partial charge is 0.138 e. The van der Waals surface area contributed by atoms with E-state index in [1.807, 2.05) is 11.3 Å². The van der Waals surface area contributed by atoms with Gasteiger partial charge >= 0.3 is 0 Å². The predicted molar refractivity (Wildman–Crippen MR) is 92.7 cm³/mol. The van der Waals surface area contributed by atoms with Gasteiger partial charge in [-0.3, -0.25) is 0 Å². The van der Waals surface area contributed by atoms with Gasteiger partial charge in [0.05, 0.1) is 5.39 Å². The number of hydrogen-bond donors (Lipinski definition) is 2. The number of fused-ring (bicyclic) bond motifs is 3. The zero-order chi connectivity index (χ0) is 15.4. The second-order valence-corrected chi connectivity index (χ2v) is 7.14. The van der Waals surface area contributed by atoms with Gasteiger partial charge in [-0.2, -0.15) is 0 Å². The Morgan fingerprint density at radius 3 is 2.73 bits per heavy atom. The van der Waals surface area contributed by atoms with Crippen LogP contribution in [0.5, 0.6) is 0 Å². The summed E-state index contributed by atoms with van der Waals surface area (Å²) in [6.45, 7) is 1.93. The van der Waals surface area contributed by atoms with Crippen LogP contribution in [0.2, 0.25) is 0 Å². The van der Waals surface area contributed by atoms with Crippen LogP contribution in [0.1, 0.15) is 55.9 Å². The van der Waals surface area contributed by atoms with Crippen LogP contribution in [0.4, 0.5) is 5.82 Å². The molecule has 1 saturated carbocycles. The Morgan fingerprint density at radius 2 is 1.95 bits per heavy atom. The maximum Gasteiger partial charge on any atom is 0.138 e. The van der Waals surface area contributed by atoms with E-state index in [-0.39, 0.29) is 6.61 Å². The summed E-state index contributed by atoms with van der Waals surface area (Å²) in [6.07, 6.45) is 12.2. The fraction of sp³-hybridized carbons (Fsp3) is 0.647. The monoisotopic (exact) mass is 319 g/mol. The lowest BCUT2D eigenvalue weighted by atomic mass is 9.95. The van der Waals surface area contributed by atoms with Crippen molar-refractivity contribution in [2.24, 2.45) is 0 Å². The largest absolute Gasteiger partial charge is 0.397 e. The Hall–Kier alpha value is -1.20. The molecule has 4 nitrogen and oxygen atoms in total. The van der Waals surface area contributed by atoms with Gasteiger partial charge in [0.25, 0.3) is 0 Å². The highest BCUT2D eigenvalue weighted by molar-refractivity contribution is 7.19. The van der Waals surface area contributed by atoms with E-state index in [9.17, 15) is 0 Å². The molecule has 2 N–H and O–H groups in total. The molecule has 0 radical (unpaired) electrons. The van der Waals surface area contributed by atoms with Crippen molar-refractivity contribution in [1.82, 2.24) is 9.97 Å². The van der Waals surface area contributed by atoms with Crippen LogP contribution in [0.15, 0.2) is 6.33 Å². The van der Waals surface area contributed by atoms with Gasteiger partial charge in [-0.1, -0.05) is 19.3 Å². The number of thiophene rings is 1. The highest BCUT2D eigenvalue weighted by atomic mass is 32.1. The molecule has 5 heteroatoms. The molecule has 0 spiro atoms. The standard InChI is InChI=1S/C15H19N3S.C2H6O/c1-2-5-10(6-3-1)18-14-13-11-7-4-8-12(11)19-15(13)17-9-16-14;1-2-3/h9-10H,1-8H2,(H,16,17,18);3H,2H2,1H3. The molecule has 0 bridgehead atoms. The van der Waals surface area contributed by atoms with Crippen LogP contribution >= 0.6 is 11.3 Å². The molecule has 2 aliphatic carbocycles. The van der Waals surface area contributed by atoms with E-state index >= 15 is 0 Å². The summed E-state index contributed by atoms with van der Waals surface area (Å²) in [5.41, 5.74) is 1.53. The topological polar surface area (TPSA) is 58.0 Å². The number of anilines is 1. The van der Waals surface area contributed by atoms with Crippen molar-refractivity contribution >= 4 is 27.4 Å². The highest BCUT2D eigenvalue weighted by Gasteiger charge is 2.22. The van der Waals surface area contributed by atoms with Crippen molar-refractivity contribution in [3.63, 3.8) is 0 Å². The molecular formula is C17H25N3OS. The number of rotatable bonds is 2. The second kappa shape index (κ2) is 7.38. The van der Waals surface area contributed by atoms with Crippen molar-refractivity contribution in [3.8, 4) is 0 Å². The zero-order valence-electron chi connectivity index (χ0n) is 13.3. The average molecular weight is 319 g/mol. The van der Waals surface area contributed by atoms with E-state index in [0.29, 0.717) is 6.04 Å². The number of aryl methyl sites for hydroxylation is 2. The first-order chi connectivity index (χ1) is 10.8. The Kier molecular flexibility index (Phi) is 5.26. The summed E-state index contributed by atoms with van der Waals surface area (Å²) < 4.78 is 0. The summed E-state index contributed by atoms with van der Waals surface area (Å²) in [4.78, 5) is 11.7. The third-order valence-electron chi connectivity index (χ3n) is 4.45. The zero-order valence-corrected chi connectivity index (χ0v) is 14.1.